The summed E-state index contributed by atoms with van der Waals surface area (Å²) in [5.41, 5.74) is 6.29. The maximum Gasteiger partial charge on any atom is 0.265 e. The summed E-state index contributed by atoms with van der Waals surface area (Å²) >= 11 is 0.965. The molecule has 7 nitrogen and oxygen atoms in total. The van der Waals surface area contributed by atoms with E-state index in [0.717, 1.165) is 11.3 Å². The van der Waals surface area contributed by atoms with Gasteiger partial charge in [-0.2, -0.15) is 0 Å². The molecule has 1 amide bonds. The van der Waals surface area contributed by atoms with Crippen LogP contribution >= 0.6 is 11.3 Å². The van der Waals surface area contributed by atoms with Crippen molar-refractivity contribution in [3.05, 3.63) is 27.6 Å². The van der Waals surface area contributed by atoms with Gasteiger partial charge in [0.2, 0.25) is 5.88 Å². The first-order chi connectivity index (χ1) is 8.83. The molecule has 0 unspecified atom stereocenters. The quantitative estimate of drug-likeness (QED) is 0.881. The second-order valence-electron chi connectivity index (χ2n) is 3.81. The molecule has 9 heteroatoms. The van der Waals surface area contributed by atoms with Crippen LogP contribution in [0, 0.1) is 13.8 Å². The number of carbonyl (C=O) groups is 1. The van der Waals surface area contributed by atoms with Crippen molar-refractivity contribution in [2.75, 3.05) is 4.72 Å². The van der Waals surface area contributed by atoms with Crippen LogP contribution in [0.2, 0.25) is 0 Å². The number of rotatable bonds is 4. The second kappa shape index (κ2) is 4.67. The Morgan fingerprint density at radius 1 is 1.47 bits per heavy atom. The number of carbonyl (C=O) groups excluding carboxylic acids is 1. The Bertz CT molecular complexity index is 730. The molecule has 2 heterocycles. The minimum absolute atomic E-state index is 0.0265. The fraction of sp³-hybridized carbons (Fsp3) is 0.200. The van der Waals surface area contributed by atoms with Crippen LogP contribution in [0.4, 0.5) is 5.88 Å². The van der Waals surface area contributed by atoms with Crippen LogP contribution in [0.5, 0.6) is 0 Å². The monoisotopic (exact) mass is 301 g/mol. The molecule has 102 valence electrons. The van der Waals surface area contributed by atoms with Crippen LogP contribution in [0.3, 0.4) is 0 Å². The van der Waals surface area contributed by atoms with Crippen LogP contribution < -0.4 is 10.5 Å². The maximum absolute atomic E-state index is 12.1. The highest BCUT2D eigenvalue weighted by Gasteiger charge is 2.25. The topological polar surface area (TPSA) is 115 Å². The molecule has 0 radical (unpaired) electrons. The maximum atomic E-state index is 12.1. The van der Waals surface area contributed by atoms with E-state index in [1.807, 2.05) is 0 Å². The number of hydrogen-bond acceptors (Lipinski definition) is 6. The van der Waals surface area contributed by atoms with Gasteiger partial charge in [0.05, 0.1) is 5.69 Å². The average Bonchev–Trinajstić information content (AvgIpc) is 2.91. The van der Waals surface area contributed by atoms with Crippen LogP contribution in [0.15, 0.2) is 20.9 Å². The summed E-state index contributed by atoms with van der Waals surface area (Å²) in [6.45, 7) is 3.36. The zero-order chi connectivity index (χ0) is 14.2. The number of aromatic nitrogens is 1. The molecule has 3 N–H and O–H groups in total. The number of primary amides is 1. The Labute approximate surface area is 113 Å². The molecule has 0 saturated carbocycles. The van der Waals surface area contributed by atoms with E-state index in [0.29, 0.717) is 11.3 Å². The third kappa shape index (κ3) is 2.47. The van der Waals surface area contributed by atoms with Gasteiger partial charge in [0.25, 0.3) is 15.9 Å². The summed E-state index contributed by atoms with van der Waals surface area (Å²) in [6, 6.07) is 1.31. The number of nitrogens with one attached hydrogen (secondary N) is 1. The Morgan fingerprint density at radius 3 is 2.68 bits per heavy atom. The van der Waals surface area contributed by atoms with Crippen LogP contribution in [0.25, 0.3) is 0 Å². The minimum atomic E-state index is -3.93. The molecule has 2 aromatic heterocycles. The van der Waals surface area contributed by atoms with E-state index in [1.165, 1.54) is 11.4 Å². The zero-order valence-electron chi connectivity index (χ0n) is 10.1. The largest absolute Gasteiger partial charge is 0.365 e. The molecular formula is C10H11N3O4S2. The summed E-state index contributed by atoms with van der Waals surface area (Å²) in [4.78, 5) is 11.0. The van der Waals surface area contributed by atoms with Gasteiger partial charge in [-0.1, -0.05) is 5.16 Å². The van der Waals surface area contributed by atoms with E-state index >= 15 is 0 Å². The Morgan fingerprint density at radius 2 is 2.16 bits per heavy atom. The smallest absolute Gasteiger partial charge is 0.265 e. The van der Waals surface area contributed by atoms with Gasteiger partial charge in [-0.05, 0) is 25.3 Å². The van der Waals surface area contributed by atoms with Crippen molar-refractivity contribution in [3.63, 3.8) is 0 Å². The van der Waals surface area contributed by atoms with Crippen molar-refractivity contribution in [1.29, 1.82) is 0 Å². The van der Waals surface area contributed by atoms with Gasteiger partial charge < -0.3 is 10.3 Å². The first kappa shape index (κ1) is 13.6. The number of thiophene rings is 1. The lowest BCUT2D eigenvalue weighted by molar-refractivity contribution is 0.100. The third-order valence-corrected chi connectivity index (χ3v) is 4.96. The van der Waals surface area contributed by atoms with Crippen molar-refractivity contribution in [2.24, 2.45) is 5.73 Å². The molecule has 0 aliphatic heterocycles. The Kier molecular flexibility index (Phi) is 3.33. The Balaban J connectivity index is 2.41. The second-order valence-corrected chi connectivity index (χ2v) is 6.37. The number of amides is 1. The van der Waals surface area contributed by atoms with Gasteiger partial charge in [-0.25, -0.2) is 13.1 Å². The van der Waals surface area contributed by atoms with Gasteiger partial charge in [0, 0.05) is 5.56 Å². The normalized spacial score (nSPS) is 11.5. The number of sulfonamides is 1. The first-order valence-corrected chi connectivity index (χ1v) is 7.52. The lowest BCUT2D eigenvalue weighted by Gasteiger charge is -2.05. The molecule has 0 aliphatic rings. The summed E-state index contributed by atoms with van der Waals surface area (Å²) in [7, 11) is -3.93. The highest BCUT2D eigenvalue weighted by Crippen LogP contribution is 2.26. The molecule has 0 aliphatic carbocycles. The van der Waals surface area contributed by atoms with Crippen molar-refractivity contribution in [2.45, 2.75) is 18.7 Å². The van der Waals surface area contributed by atoms with Crippen LogP contribution in [-0.4, -0.2) is 19.5 Å². The fourth-order valence-corrected chi connectivity index (χ4v) is 3.71. The number of nitrogens with two attached hydrogens (primary N) is 1. The summed E-state index contributed by atoms with van der Waals surface area (Å²) in [5, 5.41) is 5.13. The highest BCUT2D eigenvalue weighted by atomic mass is 32.2. The van der Waals surface area contributed by atoms with E-state index in [1.54, 1.807) is 13.8 Å². The van der Waals surface area contributed by atoms with E-state index in [-0.39, 0.29) is 15.7 Å². The predicted octanol–water partition coefficient (Wildman–Crippen LogP) is 1.25. The number of hydrogen-bond donors (Lipinski definition) is 2. The molecule has 0 saturated heterocycles. The van der Waals surface area contributed by atoms with Gasteiger partial charge >= 0.3 is 0 Å². The molecule has 19 heavy (non-hydrogen) atoms. The lowest BCUT2D eigenvalue weighted by Crippen LogP contribution is -2.18. The zero-order valence-corrected chi connectivity index (χ0v) is 11.8. The summed E-state index contributed by atoms with van der Waals surface area (Å²) in [5.74, 6) is -0.764. The molecule has 0 bridgehead atoms. The lowest BCUT2D eigenvalue weighted by atomic mass is 10.3. The number of nitrogens with zero attached hydrogens (tertiary/aromatic N) is 1. The fourth-order valence-electron chi connectivity index (χ4n) is 1.38. The van der Waals surface area contributed by atoms with Crippen LogP contribution in [0.1, 0.15) is 20.9 Å². The molecule has 0 aromatic carbocycles. The van der Waals surface area contributed by atoms with Crippen molar-refractivity contribution < 1.29 is 17.7 Å². The van der Waals surface area contributed by atoms with E-state index < -0.39 is 15.9 Å². The highest BCUT2D eigenvalue weighted by molar-refractivity contribution is 7.93. The van der Waals surface area contributed by atoms with Gasteiger partial charge in [-0.15, -0.1) is 11.3 Å². The van der Waals surface area contributed by atoms with Gasteiger partial charge in [0.15, 0.2) is 0 Å². The van der Waals surface area contributed by atoms with Crippen molar-refractivity contribution >= 4 is 33.2 Å². The van der Waals surface area contributed by atoms with Crippen LogP contribution in [-0.2, 0) is 10.0 Å². The molecule has 0 fully saturated rings. The first-order valence-electron chi connectivity index (χ1n) is 5.16. The van der Waals surface area contributed by atoms with Crippen molar-refractivity contribution in [3.8, 4) is 0 Å². The van der Waals surface area contributed by atoms with E-state index in [9.17, 15) is 13.2 Å². The third-order valence-electron chi connectivity index (χ3n) is 2.53. The molecule has 2 aromatic rings. The molecule has 0 atom stereocenters. The molecular weight excluding hydrogens is 290 g/mol. The SMILES string of the molecule is Cc1noc(NS(=O)(=O)c2ccsc2C(N)=O)c1C. The van der Waals surface area contributed by atoms with Gasteiger partial charge in [0.1, 0.15) is 9.77 Å². The predicted molar refractivity (Wildman–Crippen MR) is 69.6 cm³/mol. The Hall–Kier alpha value is -1.87. The minimum Gasteiger partial charge on any atom is -0.365 e. The molecule has 2 rings (SSSR count). The average molecular weight is 301 g/mol. The summed E-state index contributed by atoms with van der Waals surface area (Å²) in [6.07, 6.45) is 0. The van der Waals surface area contributed by atoms with Crippen molar-refractivity contribution in [1.82, 2.24) is 5.16 Å². The molecule has 0 spiro atoms. The van der Waals surface area contributed by atoms with E-state index in [2.05, 4.69) is 9.88 Å². The van der Waals surface area contributed by atoms with E-state index in [4.69, 9.17) is 10.3 Å². The standard InChI is InChI=1S/C10H11N3O4S2/c1-5-6(2)12-17-10(5)13-19(15,16)7-3-4-18-8(7)9(11)14/h3-4,13H,1-2H3,(H2,11,14). The van der Waals surface area contributed by atoms with Gasteiger partial charge in [-0.3, -0.25) is 4.79 Å². The number of anilines is 1. The summed E-state index contributed by atoms with van der Waals surface area (Å²) < 4.78 is 31.4. The number of aryl methyl sites for hydroxylation is 1.